The lowest BCUT2D eigenvalue weighted by molar-refractivity contribution is -0.116. The van der Waals surface area contributed by atoms with Crippen molar-refractivity contribution in [2.75, 3.05) is 11.6 Å². The molecule has 3 rings (SSSR count). The van der Waals surface area contributed by atoms with Gasteiger partial charge < -0.3 is 9.84 Å². The first-order valence-corrected chi connectivity index (χ1v) is 10.8. The maximum Gasteiger partial charge on any atom is 0.227 e. The molecule has 0 bridgehead atoms. The Morgan fingerprint density at radius 2 is 1.89 bits per heavy atom. The zero-order valence-corrected chi connectivity index (χ0v) is 16.5. The highest BCUT2D eigenvalue weighted by atomic mass is 32.2. The van der Waals surface area contributed by atoms with Crippen LogP contribution in [-0.4, -0.2) is 30.7 Å². The average molecular weight is 399 g/mol. The van der Waals surface area contributed by atoms with E-state index in [1.54, 1.807) is 12.1 Å². The van der Waals surface area contributed by atoms with Crippen LogP contribution in [0, 0.1) is 0 Å². The highest BCUT2D eigenvalue weighted by molar-refractivity contribution is 7.90. The first-order valence-electron chi connectivity index (χ1n) is 8.87. The number of anilines is 1. The van der Waals surface area contributed by atoms with Crippen molar-refractivity contribution in [2.45, 2.75) is 31.1 Å². The quantitative estimate of drug-likeness (QED) is 0.654. The largest absolute Gasteiger partial charge is 0.339 e. The van der Waals surface area contributed by atoms with Gasteiger partial charge in [0.2, 0.25) is 17.6 Å². The van der Waals surface area contributed by atoms with Crippen molar-refractivity contribution in [3.63, 3.8) is 0 Å². The Labute approximate surface area is 163 Å². The van der Waals surface area contributed by atoms with E-state index in [0.717, 1.165) is 18.2 Å². The Hall–Kier alpha value is -3.00. The molecule has 28 heavy (non-hydrogen) atoms. The molecule has 1 aromatic heterocycles. The van der Waals surface area contributed by atoms with Gasteiger partial charge in [-0.15, -0.1) is 0 Å². The van der Waals surface area contributed by atoms with Gasteiger partial charge in [0, 0.05) is 30.3 Å². The Bertz CT molecular complexity index is 1070. The highest BCUT2D eigenvalue weighted by Gasteiger charge is 2.12. The van der Waals surface area contributed by atoms with Crippen molar-refractivity contribution in [1.82, 2.24) is 10.1 Å². The topological polar surface area (TPSA) is 102 Å². The van der Waals surface area contributed by atoms with Crippen molar-refractivity contribution in [1.29, 1.82) is 0 Å². The van der Waals surface area contributed by atoms with E-state index in [-0.39, 0.29) is 23.6 Å². The van der Waals surface area contributed by atoms with Gasteiger partial charge in [-0.25, -0.2) is 8.42 Å². The summed E-state index contributed by atoms with van der Waals surface area (Å²) >= 11 is 0. The molecule has 0 aliphatic carbocycles. The highest BCUT2D eigenvalue weighted by Crippen LogP contribution is 2.18. The molecule has 2 aromatic carbocycles. The molecule has 0 aliphatic heterocycles. The van der Waals surface area contributed by atoms with Gasteiger partial charge in [0.1, 0.15) is 0 Å². The number of carbonyl (C=O) groups excluding carboxylic acids is 1. The van der Waals surface area contributed by atoms with Crippen LogP contribution in [0.3, 0.4) is 0 Å². The van der Waals surface area contributed by atoms with Gasteiger partial charge in [0.25, 0.3) is 0 Å². The molecule has 0 spiro atoms. The second-order valence-corrected chi connectivity index (χ2v) is 8.43. The second-order valence-electron chi connectivity index (χ2n) is 6.41. The monoisotopic (exact) mass is 399 g/mol. The number of rotatable bonds is 7. The standard InChI is InChI=1S/C20H21N3O4S/c1-3-14-7-9-15(10-8-14)20-22-19(27-23-20)12-11-18(24)21-16-5-4-6-17(13-16)28(2,25)26/h4-10,13H,3,11-12H2,1-2H3,(H,21,24). The molecular formula is C20H21N3O4S. The van der Waals surface area contributed by atoms with E-state index in [0.29, 0.717) is 17.4 Å². The second kappa shape index (κ2) is 8.35. The van der Waals surface area contributed by atoms with Crippen LogP contribution in [-0.2, 0) is 27.5 Å². The van der Waals surface area contributed by atoms with Crippen molar-refractivity contribution in [3.05, 3.63) is 60.0 Å². The molecule has 0 aliphatic rings. The Balaban J connectivity index is 1.59. The van der Waals surface area contributed by atoms with Crippen molar-refractivity contribution >= 4 is 21.4 Å². The number of aryl methyl sites for hydroxylation is 2. The lowest BCUT2D eigenvalue weighted by Crippen LogP contribution is -2.12. The summed E-state index contributed by atoms with van der Waals surface area (Å²) in [5.74, 6) is 0.589. The van der Waals surface area contributed by atoms with E-state index < -0.39 is 9.84 Å². The van der Waals surface area contributed by atoms with E-state index in [4.69, 9.17) is 4.52 Å². The number of hydrogen-bond acceptors (Lipinski definition) is 6. The Kier molecular flexibility index (Phi) is 5.89. The lowest BCUT2D eigenvalue weighted by Gasteiger charge is -2.06. The summed E-state index contributed by atoms with van der Waals surface area (Å²) in [5.41, 5.74) is 2.51. The fraction of sp³-hybridized carbons (Fsp3) is 0.250. The van der Waals surface area contributed by atoms with Crippen LogP contribution in [0.5, 0.6) is 0 Å². The van der Waals surface area contributed by atoms with Crippen molar-refractivity contribution < 1.29 is 17.7 Å². The summed E-state index contributed by atoms with van der Waals surface area (Å²) in [6.07, 6.45) is 2.51. The number of sulfone groups is 1. The first kappa shape index (κ1) is 19.8. The van der Waals surface area contributed by atoms with E-state index >= 15 is 0 Å². The van der Waals surface area contributed by atoms with Gasteiger partial charge in [-0.2, -0.15) is 4.98 Å². The summed E-state index contributed by atoms with van der Waals surface area (Å²) in [7, 11) is -3.33. The van der Waals surface area contributed by atoms with E-state index in [2.05, 4.69) is 22.4 Å². The third kappa shape index (κ3) is 5.04. The summed E-state index contributed by atoms with van der Waals surface area (Å²) < 4.78 is 28.4. The fourth-order valence-electron chi connectivity index (χ4n) is 2.61. The summed E-state index contributed by atoms with van der Waals surface area (Å²) in [4.78, 5) is 16.6. The maximum absolute atomic E-state index is 12.1. The van der Waals surface area contributed by atoms with Gasteiger partial charge in [-0.1, -0.05) is 42.4 Å². The van der Waals surface area contributed by atoms with Crippen LogP contribution < -0.4 is 5.32 Å². The minimum atomic E-state index is -3.33. The molecule has 146 valence electrons. The molecule has 0 radical (unpaired) electrons. The van der Waals surface area contributed by atoms with Crippen LogP contribution in [0.25, 0.3) is 11.4 Å². The predicted molar refractivity (Wildman–Crippen MR) is 106 cm³/mol. The number of nitrogens with one attached hydrogen (secondary N) is 1. The molecule has 0 saturated carbocycles. The zero-order chi connectivity index (χ0) is 20.1. The zero-order valence-electron chi connectivity index (χ0n) is 15.7. The van der Waals surface area contributed by atoms with Crippen LogP contribution >= 0.6 is 0 Å². The van der Waals surface area contributed by atoms with Crippen molar-refractivity contribution in [3.8, 4) is 11.4 Å². The number of nitrogens with zero attached hydrogens (tertiary/aromatic N) is 2. The normalized spacial score (nSPS) is 11.4. The molecular weight excluding hydrogens is 378 g/mol. The van der Waals surface area contributed by atoms with Gasteiger partial charge in [-0.3, -0.25) is 4.79 Å². The molecule has 3 aromatic rings. The molecule has 0 unspecified atom stereocenters. The SMILES string of the molecule is CCc1ccc(-c2noc(CCC(=O)Nc3cccc(S(C)(=O)=O)c3)n2)cc1. The number of hydrogen-bond donors (Lipinski definition) is 1. The maximum atomic E-state index is 12.1. The predicted octanol–water partition coefficient (Wildman–Crippen LogP) is 3.27. The summed E-state index contributed by atoms with van der Waals surface area (Å²) in [5, 5.41) is 6.64. The number of aromatic nitrogens is 2. The lowest BCUT2D eigenvalue weighted by atomic mass is 10.1. The van der Waals surface area contributed by atoms with E-state index in [1.165, 1.54) is 17.7 Å². The minimum absolute atomic E-state index is 0.138. The molecule has 1 heterocycles. The molecule has 8 heteroatoms. The van der Waals surface area contributed by atoms with Crippen LogP contribution in [0.2, 0.25) is 0 Å². The number of carbonyl (C=O) groups is 1. The number of amides is 1. The minimum Gasteiger partial charge on any atom is -0.339 e. The van der Waals surface area contributed by atoms with Gasteiger partial charge in [0.15, 0.2) is 9.84 Å². The van der Waals surface area contributed by atoms with E-state index in [9.17, 15) is 13.2 Å². The van der Waals surface area contributed by atoms with Crippen LogP contribution in [0.15, 0.2) is 57.9 Å². The summed E-state index contributed by atoms with van der Waals surface area (Å²) in [6, 6.07) is 14.0. The molecule has 1 amide bonds. The van der Waals surface area contributed by atoms with E-state index in [1.807, 2.05) is 24.3 Å². The number of benzene rings is 2. The molecule has 7 nitrogen and oxygen atoms in total. The molecule has 0 saturated heterocycles. The molecule has 1 N–H and O–H groups in total. The smallest absolute Gasteiger partial charge is 0.227 e. The van der Waals surface area contributed by atoms with Crippen molar-refractivity contribution in [2.24, 2.45) is 0 Å². The van der Waals surface area contributed by atoms with Gasteiger partial charge in [-0.05, 0) is 30.2 Å². The third-order valence-electron chi connectivity index (χ3n) is 4.20. The molecule has 0 atom stereocenters. The van der Waals surface area contributed by atoms with Crippen LogP contribution in [0.1, 0.15) is 24.8 Å². The summed E-state index contributed by atoms with van der Waals surface area (Å²) in [6.45, 7) is 2.09. The average Bonchev–Trinajstić information content (AvgIpc) is 3.15. The fourth-order valence-corrected chi connectivity index (χ4v) is 3.28. The first-order chi connectivity index (χ1) is 13.3. The third-order valence-corrected chi connectivity index (χ3v) is 5.31. The Morgan fingerprint density at radius 3 is 2.57 bits per heavy atom. The van der Waals surface area contributed by atoms with Gasteiger partial charge in [0.05, 0.1) is 4.90 Å². The Morgan fingerprint density at radius 1 is 1.14 bits per heavy atom. The molecule has 0 fully saturated rings. The van der Waals surface area contributed by atoms with Crippen LogP contribution in [0.4, 0.5) is 5.69 Å². The van der Waals surface area contributed by atoms with Gasteiger partial charge >= 0.3 is 0 Å².